The molecule has 0 aromatic heterocycles. The molecule has 0 aliphatic rings. The molecular weight excluding hydrogens is 212 g/mol. The van der Waals surface area contributed by atoms with Gasteiger partial charge in [-0.15, -0.1) is 0 Å². The van der Waals surface area contributed by atoms with Crippen molar-refractivity contribution >= 4 is 5.97 Å². The minimum Gasteiger partial charge on any atom is -0.491 e. The van der Waals surface area contributed by atoms with Gasteiger partial charge < -0.3 is 19.7 Å². The fraction of sp³-hybridized carbons (Fsp3) is 0.364. The highest BCUT2D eigenvalue weighted by Gasteiger charge is 2.17. The smallest absolute Gasteiger partial charge is 0.339 e. The monoisotopic (exact) mass is 226 g/mol. The molecule has 0 saturated carbocycles. The Balaban J connectivity index is 2.67. The van der Waals surface area contributed by atoms with E-state index in [-0.39, 0.29) is 13.2 Å². The molecule has 0 fully saturated rings. The van der Waals surface area contributed by atoms with Crippen LogP contribution in [0.1, 0.15) is 11.7 Å². The lowest BCUT2D eigenvalue weighted by molar-refractivity contribution is -0.150. The van der Waals surface area contributed by atoms with Crippen molar-refractivity contribution < 1.29 is 24.5 Å². The fourth-order valence-corrected chi connectivity index (χ4v) is 1.16. The number of carbonyl (C=O) groups excluding carboxylic acids is 1. The van der Waals surface area contributed by atoms with Crippen molar-refractivity contribution in [1.82, 2.24) is 0 Å². The van der Waals surface area contributed by atoms with E-state index in [0.29, 0.717) is 11.3 Å². The first-order chi connectivity index (χ1) is 7.69. The molecule has 2 N–H and O–H groups in total. The molecule has 1 rings (SSSR count). The fourth-order valence-electron chi connectivity index (χ4n) is 1.16. The molecule has 1 aromatic carbocycles. The van der Waals surface area contributed by atoms with Crippen LogP contribution < -0.4 is 4.74 Å². The van der Waals surface area contributed by atoms with Gasteiger partial charge in [0.25, 0.3) is 0 Å². The second kappa shape index (κ2) is 6.09. The molecule has 0 aliphatic carbocycles. The average Bonchev–Trinajstić information content (AvgIpc) is 2.35. The van der Waals surface area contributed by atoms with E-state index in [0.717, 1.165) is 0 Å². The average molecular weight is 226 g/mol. The third-order valence-electron chi connectivity index (χ3n) is 1.98. The Morgan fingerprint density at radius 1 is 1.38 bits per heavy atom. The van der Waals surface area contributed by atoms with E-state index in [1.165, 1.54) is 7.11 Å². The van der Waals surface area contributed by atoms with E-state index in [2.05, 4.69) is 4.74 Å². The summed E-state index contributed by atoms with van der Waals surface area (Å²) in [7, 11) is 1.21. The van der Waals surface area contributed by atoms with E-state index in [9.17, 15) is 9.90 Å². The quantitative estimate of drug-likeness (QED) is 0.704. The minimum absolute atomic E-state index is 0.0630. The number of carbonyl (C=O) groups is 1. The van der Waals surface area contributed by atoms with Crippen LogP contribution in [-0.4, -0.2) is 36.5 Å². The predicted octanol–water partition coefficient (Wildman–Crippen LogP) is 0.264. The number of rotatable bonds is 5. The summed E-state index contributed by atoms with van der Waals surface area (Å²) in [6, 6.07) is 6.34. The molecule has 0 heterocycles. The number of hydrogen-bond acceptors (Lipinski definition) is 5. The lowest BCUT2D eigenvalue weighted by Crippen LogP contribution is -2.13. The summed E-state index contributed by atoms with van der Waals surface area (Å²) in [5.41, 5.74) is 0.434. The minimum atomic E-state index is -1.28. The second-order valence-corrected chi connectivity index (χ2v) is 3.07. The van der Waals surface area contributed by atoms with E-state index in [1.807, 2.05) is 0 Å². The van der Waals surface area contributed by atoms with Crippen molar-refractivity contribution in [3.8, 4) is 5.75 Å². The summed E-state index contributed by atoms with van der Waals surface area (Å²) in [6.45, 7) is 0.144. The molecule has 0 bridgehead atoms. The van der Waals surface area contributed by atoms with Gasteiger partial charge in [-0.1, -0.05) is 12.1 Å². The topological polar surface area (TPSA) is 76.0 Å². The summed E-state index contributed by atoms with van der Waals surface area (Å²) in [6.07, 6.45) is -1.28. The number of hydrogen-bond donors (Lipinski definition) is 2. The highest BCUT2D eigenvalue weighted by molar-refractivity contribution is 5.76. The molecule has 5 heteroatoms. The molecule has 0 aliphatic heterocycles. The standard InChI is InChI=1S/C11H14O5/c1-15-11(14)10(13)8-2-4-9(5-3-8)16-7-6-12/h2-5,10,12-13H,6-7H2,1H3. The number of aliphatic hydroxyl groups excluding tert-OH is 2. The van der Waals surface area contributed by atoms with Crippen LogP contribution in [0, 0.1) is 0 Å². The van der Waals surface area contributed by atoms with Gasteiger partial charge in [-0.05, 0) is 17.7 Å². The zero-order chi connectivity index (χ0) is 12.0. The van der Waals surface area contributed by atoms with Crippen molar-refractivity contribution in [1.29, 1.82) is 0 Å². The first kappa shape index (κ1) is 12.5. The van der Waals surface area contributed by atoms with Crippen LogP contribution in [-0.2, 0) is 9.53 Å². The lowest BCUT2D eigenvalue weighted by Gasteiger charge is -2.09. The van der Waals surface area contributed by atoms with Crippen LogP contribution in [0.25, 0.3) is 0 Å². The molecule has 5 nitrogen and oxygen atoms in total. The Morgan fingerprint density at radius 3 is 2.50 bits per heavy atom. The van der Waals surface area contributed by atoms with Gasteiger partial charge in [-0.2, -0.15) is 0 Å². The second-order valence-electron chi connectivity index (χ2n) is 3.07. The van der Waals surface area contributed by atoms with Crippen LogP contribution in [0.2, 0.25) is 0 Å². The summed E-state index contributed by atoms with van der Waals surface area (Å²) < 4.78 is 9.54. The van der Waals surface area contributed by atoms with Gasteiger partial charge in [0.2, 0.25) is 0 Å². The maximum atomic E-state index is 11.0. The van der Waals surface area contributed by atoms with Crippen LogP contribution in [0.3, 0.4) is 0 Å². The van der Waals surface area contributed by atoms with E-state index >= 15 is 0 Å². The van der Waals surface area contributed by atoms with Crippen LogP contribution in [0.4, 0.5) is 0 Å². The van der Waals surface area contributed by atoms with E-state index in [1.54, 1.807) is 24.3 Å². The largest absolute Gasteiger partial charge is 0.491 e. The normalized spacial score (nSPS) is 11.9. The zero-order valence-corrected chi connectivity index (χ0v) is 8.92. The van der Waals surface area contributed by atoms with Gasteiger partial charge in [-0.3, -0.25) is 0 Å². The van der Waals surface area contributed by atoms with Gasteiger partial charge in [0.1, 0.15) is 12.4 Å². The summed E-state index contributed by atoms with van der Waals surface area (Å²) in [5, 5.41) is 18.0. The molecular formula is C11H14O5. The zero-order valence-electron chi connectivity index (χ0n) is 8.92. The number of ether oxygens (including phenoxy) is 2. The Kier molecular flexibility index (Phi) is 4.75. The van der Waals surface area contributed by atoms with Crippen LogP contribution >= 0.6 is 0 Å². The first-order valence-corrected chi connectivity index (χ1v) is 4.78. The van der Waals surface area contributed by atoms with Gasteiger partial charge in [-0.25, -0.2) is 4.79 Å². The molecule has 0 amide bonds. The molecule has 1 atom stereocenters. The van der Waals surface area contributed by atoms with Crippen LogP contribution in [0.5, 0.6) is 5.75 Å². The van der Waals surface area contributed by atoms with Crippen molar-refractivity contribution in [2.24, 2.45) is 0 Å². The maximum Gasteiger partial charge on any atom is 0.339 e. The van der Waals surface area contributed by atoms with Crippen molar-refractivity contribution in [3.63, 3.8) is 0 Å². The molecule has 88 valence electrons. The van der Waals surface area contributed by atoms with Gasteiger partial charge in [0.15, 0.2) is 6.10 Å². The highest BCUT2D eigenvalue weighted by atomic mass is 16.5. The first-order valence-electron chi connectivity index (χ1n) is 4.78. The lowest BCUT2D eigenvalue weighted by atomic mass is 10.1. The molecule has 0 radical (unpaired) electrons. The number of methoxy groups -OCH3 is 1. The molecule has 16 heavy (non-hydrogen) atoms. The van der Waals surface area contributed by atoms with Crippen molar-refractivity contribution in [2.45, 2.75) is 6.10 Å². The summed E-state index contributed by atoms with van der Waals surface area (Å²) in [5.74, 6) is -0.140. The highest BCUT2D eigenvalue weighted by Crippen LogP contribution is 2.18. The number of esters is 1. The number of aliphatic hydroxyl groups is 2. The third kappa shape index (κ3) is 3.22. The van der Waals surface area contributed by atoms with E-state index < -0.39 is 12.1 Å². The molecule has 0 saturated heterocycles. The Hall–Kier alpha value is -1.59. The third-order valence-corrected chi connectivity index (χ3v) is 1.98. The van der Waals surface area contributed by atoms with Crippen molar-refractivity contribution in [2.75, 3.05) is 20.3 Å². The Labute approximate surface area is 93.2 Å². The molecule has 0 spiro atoms. The molecule has 1 unspecified atom stereocenters. The maximum absolute atomic E-state index is 11.0. The summed E-state index contributed by atoms with van der Waals surface area (Å²) in [4.78, 5) is 11.0. The predicted molar refractivity (Wildman–Crippen MR) is 56.0 cm³/mol. The van der Waals surface area contributed by atoms with Gasteiger partial charge in [0, 0.05) is 0 Å². The Bertz CT molecular complexity index is 333. The van der Waals surface area contributed by atoms with E-state index in [4.69, 9.17) is 9.84 Å². The molecule has 1 aromatic rings. The number of benzene rings is 1. The summed E-state index contributed by atoms with van der Waals surface area (Å²) >= 11 is 0. The van der Waals surface area contributed by atoms with Crippen LogP contribution in [0.15, 0.2) is 24.3 Å². The van der Waals surface area contributed by atoms with Gasteiger partial charge in [0.05, 0.1) is 13.7 Å². The Morgan fingerprint density at radius 2 is 2.00 bits per heavy atom. The van der Waals surface area contributed by atoms with Gasteiger partial charge >= 0.3 is 5.97 Å². The SMILES string of the molecule is COC(=O)C(O)c1ccc(OCCO)cc1. The van der Waals surface area contributed by atoms with Crippen molar-refractivity contribution in [3.05, 3.63) is 29.8 Å².